The zero-order chi connectivity index (χ0) is 13.9. The van der Waals surface area contributed by atoms with Crippen LogP contribution in [0, 0.1) is 6.92 Å². The van der Waals surface area contributed by atoms with Gasteiger partial charge in [0.1, 0.15) is 10.5 Å². The Kier molecular flexibility index (Phi) is 3.66. The smallest absolute Gasteiger partial charge is 0.257 e. The van der Waals surface area contributed by atoms with E-state index in [1.165, 1.54) is 23.1 Å². The van der Waals surface area contributed by atoms with E-state index in [2.05, 4.69) is 20.5 Å². The van der Waals surface area contributed by atoms with E-state index in [0.717, 1.165) is 16.1 Å². The largest absolute Gasteiger partial charge is 0.431 e. The molecule has 0 radical (unpaired) electrons. The van der Waals surface area contributed by atoms with Gasteiger partial charge in [0.15, 0.2) is 5.58 Å². The van der Waals surface area contributed by atoms with E-state index >= 15 is 0 Å². The molecule has 0 fully saturated rings. The van der Waals surface area contributed by atoms with Gasteiger partial charge in [-0.15, -0.1) is 10.2 Å². The van der Waals surface area contributed by atoms with Gasteiger partial charge in [-0.2, -0.15) is 0 Å². The highest BCUT2D eigenvalue weighted by atomic mass is 32.2. The molecule has 2 aromatic heterocycles. The molecule has 0 aliphatic heterocycles. The molecule has 0 aliphatic carbocycles. The van der Waals surface area contributed by atoms with Crippen LogP contribution in [0.3, 0.4) is 0 Å². The third-order valence-electron chi connectivity index (χ3n) is 2.37. The zero-order valence-electron chi connectivity index (χ0n) is 10.5. The van der Waals surface area contributed by atoms with Crippen LogP contribution in [0.4, 0.5) is 5.13 Å². The molecular formula is C12H10N4O2S2. The van der Waals surface area contributed by atoms with Crippen LogP contribution in [0.5, 0.6) is 0 Å². The van der Waals surface area contributed by atoms with E-state index < -0.39 is 0 Å². The summed E-state index contributed by atoms with van der Waals surface area (Å²) in [5.74, 6) is 0.0549. The second-order valence-corrected chi connectivity index (χ2v) is 6.02. The van der Waals surface area contributed by atoms with Crippen molar-refractivity contribution < 1.29 is 9.21 Å². The number of aromatic nitrogens is 3. The summed E-state index contributed by atoms with van der Waals surface area (Å²) in [7, 11) is 0. The van der Waals surface area contributed by atoms with Crippen molar-refractivity contribution in [1.29, 1.82) is 0 Å². The first-order valence-corrected chi connectivity index (χ1v) is 7.59. The first kappa shape index (κ1) is 13.1. The molecule has 0 atom stereocenters. The molecule has 1 amide bonds. The molecule has 0 saturated carbocycles. The number of aryl methyl sites for hydroxylation is 1. The van der Waals surface area contributed by atoms with Crippen LogP contribution in [0.15, 0.2) is 33.9 Å². The summed E-state index contributed by atoms with van der Waals surface area (Å²) in [6, 6.07) is 7.49. The second-order valence-electron chi connectivity index (χ2n) is 3.91. The van der Waals surface area contributed by atoms with Gasteiger partial charge in [0, 0.05) is 0 Å². The third kappa shape index (κ3) is 2.97. The number of hydrogen-bond donors (Lipinski definition) is 1. The maximum atomic E-state index is 11.7. The highest BCUT2D eigenvalue weighted by Crippen LogP contribution is 2.23. The topological polar surface area (TPSA) is 80.9 Å². The van der Waals surface area contributed by atoms with Crippen LogP contribution in [0.25, 0.3) is 11.1 Å². The third-order valence-corrected chi connectivity index (χ3v) is 3.96. The normalized spacial score (nSPS) is 10.8. The van der Waals surface area contributed by atoms with E-state index in [0.29, 0.717) is 10.4 Å². The summed E-state index contributed by atoms with van der Waals surface area (Å²) in [5.41, 5.74) is 1.50. The lowest BCUT2D eigenvalue weighted by atomic mass is 10.3. The Morgan fingerprint density at radius 1 is 1.40 bits per heavy atom. The zero-order valence-corrected chi connectivity index (χ0v) is 12.1. The van der Waals surface area contributed by atoms with Crippen LogP contribution >= 0.6 is 23.1 Å². The molecule has 0 bridgehead atoms. The maximum absolute atomic E-state index is 11.7. The van der Waals surface area contributed by atoms with E-state index in [4.69, 9.17) is 4.42 Å². The first-order valence-electron chi connectivity index (χ1n) is 5.79. The van der Waals surface area contributed by atoms with Crippen LogP contribution in [-0.2, 0) is 4.79 Å². The molecule has 2 heterocycles. The fourth-order valence-corrected chi connectivity index (χ4v) is 2.79. The van der Waals surface area contributed by atoms with Crippen LogP contribution in [-0.4, -0.2) is 26.8 Å². The number of oxazole rings is 1. The minimum absolute atomic E-state index is 0.159. The molecule has 1 aromatic carbocycles. The van der Waals surface area contributed by atoms with E-state index in [1.807, 2.05) is 31.2 Å². The second kappa shape index (κ2) is 5.59. The van der Waals surface area contributed by atoms with Crippen LogP contribution < -0.4 is 5.32 Å². The Balaban J connectivity index is 1.59. The molecule has 8 heteroatoms. The number of carbonyl (C=O) groups is 1. The molecule has 20 heavy (non-hydrogen) atoms. The van der Waals surface area contributed by atoms with Gasteiger partial charge < -0.3 is 4.42 Å². The highest BCUT2D eigenvalue weighted by Gasteiger charge is 2.10. The fourth-order valence-electron chi connectivity index (χ4n) is 1.54. The Labute approximate surface area is 122 Å². The summed E-state index contributed by atoms with van der Waals surface area (Å²) in [6.45, 7) is 1.83. The van der Waals surface area contributed by atoms with Crippen molar-refractivity contribution in [2.24, 2.45) is 0 Å². The van der Waals surface area contributed by atoms with Crippen LogP contribution in [0.1, 0.15) is 5.01 Å². The van der Waals surface area contributed by atoms with Gasteiger partial charge in [0.05, 0.1) is 5.75 Å². The number of thioether (sulfide) groups is 1. The van der Waals surface area contributed by atoms with E-state index in [1.54, 1.807) is 0 Å². The predicted molar refractivity (Wildman–Crippen MR) is 78.0 cm³/mol. The van der Waals surface area contributed by atoms with Crippen LogP contribution in [0.2, 0.25) is 0 Å². The fraction of sp³-hybridized carbons (Fsp3) is 0.167. The van der Waals surface area contributed by atoms with Crippen molar-refractivity contribution in [3.8, 4) is 0 Å². The predicted octanol–water partition coefficient (Wildman–Crippen LogP) is 2.72. The molecule has 0 aliphatic rings. The number of amides is 1. The number of nitrogens with one attached hydrogen (secondary N) is 1. The lowest BCUT2D eigenvalue weighted by Gasteiger charge is -1.97. The van der Waals surface area contributed by atoms with Crippen molar-refractivity contribution in [2.45, 2.75) is 12.1 Å². The SMILES string of the molecule is Cc1nnc(NC(=O)CSc2nc3ccccc3o2)s1. The van der Waals surface area contributed by atoms with Crippen molar-refractivity contribution >= 4 is 45.2 Å². The van der Waals surface area contributed by atoms with Gasteiger partial charge >= 0.3 is 0 Å². The van der Waals surface area contributed by atoms with Gasteiger partial charge in [-0.25, -0.2) is 4.98 Å². The summed E-state index contributed by atoms with van der Waals surface area (Å²) in [5, 5.41) is 12.1. The van der Waals surface area contributed by atoms with E-state index in [9.17, 15) is 4.79 Å². The summed E-state index contributed by atoms with van der Waals surface area (Å²) in [4.78, 5) is 16.0. The average molecular weight is 306 g/mol. The first-order chi connectivity index (χ1) is 9.70. The van der Waals surface area contributed by atoms with Gasteiger partial charge in [0.25, 0.3) is 5.22 Å². The standard InChI is InChI=1S/C12H10N4O2S2/c1-7-15-16-11(20-7)14-10(17)6-19-12-13-8-4-2-3-5-9(8)18-12/h2-5H,6H2,1H3,(H,14,16,17). The molecule has 0 spiro atoms. The minimum Gasteiger partial charge on any atom is -0.431 e. The Morgan fingerprint density at radius 2 is 2.25 bits per heavy atom. The lowest BCUT2D eigenvalue weighted by molar-refractivity contribution is -0.113. The van der Waals surface area contributed by atoms with Crippen molar-refractivity contribution in [1.82, 2.24) is 15.2 Å². The van der Waals surface area contributed by atoms with Crippen molar-refractivity contribution in [3.05, 3.63) is 29.3 Å². The Morgan fingerprint density at radius 3 is 3.00 bits per heavy atom. The molecule has 3 rings (SSSR count). The summed E-state index contributed by atoms with van der Waals surface area (Å²) < 4.78 is 5.52. The van der Waals surface area contributed by atoms with Crippen molar-refractivity contribution in [3.63, 3.8) is 0 Å². The monoisotopic (exact) mass is 306 g/mol. The minimum atomic E-state index is -0.159. The number of carbonyl (C=O) groups excluding carboxylic acids is 1. The molecule has 3 aromatic rings. The summed E-state index contributed by atoms with van der Waals surface area (Å²) in [6.07, 6.45) is 0. The maximum Gasteiger partial charge on any atom is 0.257 e. The highest BCUT2D eigenvalue weighted by molar-refractivity contribution is 7.99. The van der Waals surface area contributed by atoms with Gasteiger partial charge in [-0.05, 0) is 19.1 Å². The molecule has 102 valence electrons. The number of fused-ring (bicyclic) bond motifs is 1. The number of para-hydroxylation sites is 2. The Hall–Kier alpha value is -1.93. The quantitative estimate of drug-likeness (QED) is 0.746. The molecule has 0 saturated heterocycles. The molecular weight excluding hydrogens is 296 g/mol. The lowest BCUT2D eigenvalue weighted by Crippen LogP contribution is -2.13. The molecule has 1 N–H and O–H groups in total. The number of benzene rings is 1. The van der Waals surface area contributed by atoms with Gasteiger partial charge in [-0.3, -0.25) is 10.1 Å². The van der Waals surface area contributed by atoms with E-state index in [-0.39, 0.29) is 11.7 Å². The van der Waals surface area contributed by atoms with Gasteiger partial charge in [-0.1, -0.05) is 35.2 Å². The van der Waals surface area contributed by atoms with Gasteiger partial charge in [0.2, 0.25) is 11.0 Å². The number of hydrogen-bond acceptors (Lipinski definition) is 7. The number of anilines is 1. The average Bonchev–Trinajstić information content (AvgIpc) is 3.02. The summed E-state index contributed by atoms with van der Waals surface area (Å²) >= 11 is 2.59. The molecule has 6 nitrogen and oxygen atoms in total. The number of nitrogens with zero attached hydrogens (tertiary/aromatic N) is 3. The number of rotatable bonds is 4. The molecule has 0 unspecified atom stereocenters. The Bertz CT molecular complexity index is 720. The van der Waals surface area contributed by atoms with Crippen molar-refractivity contribution in [2.75, 3.05) is 11.1 Å².